The molecule has 0 unspecified atom stereocenters. The smallest absolute Gasteiger partial charge is 0.0641 e. The molecule has 0 spiro atoms. The predicted molar refractivity (Wildman–Crippen MR) is 352 cm³/mol. The first-order valence-corrected chi connectivity index (χ1v) is 29.1. The molecule has 4 nitrogen and oxygen atoms in total. The number of hydrogen-bond acceptors (Lipinski definition) is 2. The summed E-state index contributed by atoms with van der Waals surface area (Å²) in [6, 6.07) is 83.0. The summed E-state index contributed by atoms with van der Waals surface area (Å²) in [6.45, 7) is 22.8. The van der Waals surface area contributed by atoms with E-state index < -0.39 is 0 Å². The van der Waals surface area contributed by atoms with Gasteiger partial charge in [-0.3, -0.25) is 0 Å². The third-order valence-electron chi connectivity index (χ3n) is 17.6. The van der Waals surface area contributed by atoms with E-state index in [0.717, 1.165) is 34.1 Å². The predicted octanol–water partition coefficient (Wildman–Crippen LogP) is 22.1. The Bertz CT molecular complexity index is 4680. The van der Waals surface area contributed by atoms with Gasteiger partial charge >= 0.3 is 0 Å². The SMILES string of the molecule is Cc1cc(C)cc(N(c2ccc(C(C)(C)C)cc2-c2ccccc2)c2ccc3c4cc5c(cc4n4c6ccccc6c2c34)c2ccc(N(c3cc(C)cc(C)c3)c3ccc(C(C)(C)C)cc3-c3ccccc3)c3c4ccccc4n5c23)c1. The van der Waals surface area contributed by atoms with E-state index in [1.54, 1.807) is 0 Å². The maximum Gasteiger partial charge on any atom is 0.0641 e. The molecular formula is C78H66N4. The molecule has 15 rings (SSSR count). The molecule has 0 amide bonds. The number of benzene rings is 11. The van der Waals surface area contributed by atoms with Crippen molar-refractivity contribution in [1.29, 1.82) is 0 Å². The molecule has 4 heterocycles. The standard InChI is InChI=1S/C78H66N4/c1-47-37-48(2)40-55(39-47)79(67-33-29-53(77(5,6)7)43-61(67)51-21-13-11-14-22-51)69-35-31-57-63-45-72-64(46-71(63)81-65-27-19-17-25-59(65)73(69)75(57)81)58-32-36-70(74-60-26-18-20-28-66(60)82(72)76(58)74)80(56-41-49(3)38-50(4)42-56)68-34-30-54(78(8,9)10)44-62(68)52-23-15-12-16-24-52/h11-46H,1-10H3. The Kier molecular flexibility index (Phi) is 10.9. The Hall–Kier alpha value is -9.38. The summed E-state index contributed by atoms with van der Waals surface area (Å²) in [5.74, 6) is 0. The van der Waals surface area contributed by atoms with Crippen LogP contribution < -0.4 is 9.80 Å². The molecule has 82 heavy (non-hydrogen) atoms. The average molecular weight is 1060 g/mol. The lowest BCUT2D eigenvalue weighted by atomic mass is 9.84. The van der Waals surface area contributed by atoms with Gasteiger partial charge in [0.15, 0.2) is 0 Å². The molecule has 0 N–H and O–H groups in total. The Balaban J connectivity index is 1.01. The maximum atomic E-state index is 2.57. The van der Waals surface area contributed by atoms with Crippen LogP contribution in [-0.2, 0) is 10.8 Å². The first-order chi connectivity index (χ1) is 39.6. The van der Waals surface area contributed by atoms with Crippen molar-refractivity contribution in [3.05, 3.63) is 252 Å². The fourth-order valence-corrected chi connectivity index (χ4v) is 13.9. The van der Waals surface area contributed by atoms with Crippen molar-refractivity contribution in [2.45, 2.75) is 80.1 Å². The molecule has 4 aromatic heterocycles. The highest BCUT2D eigenvalue weighted by Gasteiger charge is 2.31. The molecule has 0 saturated carbocycles. The van der Waals surface area contributed by atoms with Crippen molar-refractivity contribution in [1.82, 2.24) is 8.80 Å². The summed E-state index contributed by atoms with van der Waals surface area (Å²) >= 11 is 0. The van der Waals surface area contributed by atoms with E-state index in [4.69, 9.17) is 0 Å². The van der Waals surface area contributed by atoms with Crippen molar-refractivity contribution in [2.75, 3.05) is 9.80 Å². The number of fused-ring (bicyclic) bond motifs is 12. The average Bonchev–Trinajstić information content (AvgIpc) is 1.63. The van der Waals surface area contributed by atoms with Gasteiger partial charge in [0.05, 0.1) is 55.8 Å². The molecule has 15 aromatic rings. The van der Waals surface area contributed by atoms with Gasteiger partial charge in [-0.2, -0.15) is 0 Å². The number of nitrogens with zero attached hydrogens (tertiary/aromatic N) is 4. The number of aryl methyl sites for hydroxylation is 4. The Morgan fingerprint density at radius 1 is 0.293 bits per heavy atom. The summed E-state index contributed by atoms with van der Waals surface area (Å²) < 4.78 is 5.15. The Morgan fingerprint density at radius 3 is 1.02 bits per heavy atom. The zero-order valence-corrected chi connectivity index (χ0v) is 48.6. The third kappa shape index (κ3) is 7.57. The van der Waals surface area contributed by atoms with E-state index >= 15 is 0 Å². The fourth-order valence-electron chi connectivity index (χ4n) is 13.9. The zero-order valence-electron chi connectivity index (χ0n) is 48.6. The highest BCUT2D eigenvalue weighted by molar-refractivity contribution is 6.32. The van der Waals surface area contributed by atoms with Crippen LogP contribution in [0.4, 0.5) is 34.1 Å². The molecule has 0 radical (unpaired) electrons. The lowest BCUT2D eigenvalue weighted by Gasteiger charge is -2.31. The monoisotopic (exact) mass is 1060 g/mol. The molecule has 4 heteroatoms. The molecular weight excluding hydrogens is 993 g/mol. The summed E-state index contributed by atoms with van der Waals surface area (Å²) in [5.41, 5.74) is 26.5. The van der Waals surface area contributed by atoms with Crippen molar-refractivity contribution >= 4 is 110 Å². The van der Waals surface area contributed by atoms with Gasteiger partial charge in [-0.15, -0.1) is 0 Å². The minimum atomic E-state index is -0.0338. The number of aromatic nitrogens is 2. The lowest BCUT2D eigenvalue weighted by Crippen LogP contribution is -2.15. The molecule has 0 atom stereocenters. The van der Waals surface area contributed by atoms with Crippen molar-refractivity contribution < 1.29 is 0 Å². The summed E-state index contributed by atoms with van der Waals surface area (Å²) in [6.07, 6.45) is 0. The summed E-state index contributed by atoms with van der Waals surface area (Å²) in [7, 11) is 0. The van der Waals surface area contributed by atoms with Crippen molar-refractivity contribution in [3.8, 4) is 22.3 Å². The molecule has 0 aliphatic heterocycles. The molecule has 0 fully saturated rings. The van der Waals surface area contributed by atoms with Crippen LogP contribution in [0.1, 0.15) is 74.9 Å². The second kappa shape index (κ2) is 18.1. The van der Waals surface area contributed by atoms with Crippen molar-refractivity contribution in [3.63, 3.8) is 0 Å². The molecule has 0 aliphatic rings. The van der Waals surface area contributed by atoms with Crippen LogP contribution in [-0.4, -0.2) is 8.80 Å². The van der Waals surface area contributed by atoms with Crippen molar-refractivity contribution in [2.24, 2.45) is 0 Å². The van der Waals surface area contributed by atoms with E-state index in [1.165, 1.54) is 132 Å². The summed E-state index contributed by atoms with van der Waals surface area (Å²) in [5, 5.41) is 9.96. The van der Waals surface area contributed by atoms with E-state index in [9.17, 15) is 0 Å². The number of rotatable bonds is 8. The first kappa shape index (κ1) is 49.6. The molecule has 0 aliphatic carbocycles. The maximum absolute atomic E-state index is 2.57. The fraction of sp³-hybridized carbons (Fsp3) is 0.154. The minimum Gasteiger partial charge on any atom is -0.309 e. The van der Waals surface area contributed by atoms with Gasteiger partial charge in [0.1, 0.15) is 0 Å². The lowest BCUT2D eigenvalue weighted by molar-refractivity contribution is 0.590. The quantitative estimate of drug-likeness (QED) is 0.151. The van der Waals surface area contributed by atoms with Gasteiger partial charge in [0, 0.05) is 65.6 Å². The zero-order chi connectivity index (χ0) is 56.1. The van der Waals surface area contributed by atoms with Crippen LogP contribution in [0.25, 0.3) is 98.4 Å². The molecule has 0 saturated heterocycles. The summed E-state index contributed by atoms with van der Waals surface area (Å²) in [4.78, 5) is 5.10. The second-order valence-electron chi connectivity index (χ2n) is 25.4. The van der Waals surface area contributed by atoms with Gasteiger partial charge in [0.25, 0.3) is 0 Å². The molecule has 398 valence electrons. The van der Waals surface area contributed by atoms with Crippen LogP contribution in [0.5, 0.6) is 0 Å². The number of para-hydroxylation sites is 2. The van der Waals surface area contributed by atoms with Crippen LogP contribution in [0.2, 0.25) is 0 Å². The number of hydrogen-bond donors (Lipinski definition) is 0. The van der Waals surface area contributed by atoms with Gasteiger partial charge in [-0.25, -0.2) is 0 Å². The second-order valence-corrected chi connectivity index (χ2v) is 25.4. The van der Waals surface area contributed by atoms with E-state index in [-0.39, 0.29) is 10.8 Å². The van der Waals surface area contributed by atoms with Gasteiger partial charge in [-0.05, 0) is 168 Å². The number of anilines is 6. The van der Waals surface area contributed by atoms with Crippen LogP contribution >= 0.6 is 0 Å². The Morgan fingerprint density at radius 2 is 0.646 bits per heavy atom. The Labute approximate surface area is 480 Å². The topological polar surface area (TPSA) is 15.3 Å². The minimum absolute atomic E-state index is 0.0338. The normalized spacial score (nSPS) is 12.5. The molecule has 11 aromatic carbocycles. The van der Waals surface area contributed by atoms with E-state index in [2.05, 4.69) is 306 Å². The first-order valence-electron chi connectivity index (χ1n) is 29.1. The largest absolute Gasteiger partial charge is 0.309 e. The highest BCUT2D eigenvalue weighted by atomic mass is 15.2. The van der Waals surface area contributed by atoms with Gasteiger partial charge in [-0.1, -0.05) is 175 Å². The van der Waals surface area contributed by atoms with E-state index in [0.29, 0.717) is 0 Å². The third-order valence-corrected chi connectivity index (χ3v) is 17.6. The van der Waals surface area contributed by atoms with Gasteiger partial charge < -0.3 is 18.6 Å². The van der Waals surface area contributed by atoms with E-state index in [1.807, 2.05) is 0 Å². The molecule has 0 bridgehead atoms. The highest BCUT2D eigenvalue weighted by Crippen LogP contribution is 2.54. The van der Waals surface area contributed by atoms with Crippen LogP contribution in [0.3, 0.4) is 0 Å². The van der Waals surface area contributed by atoms with Gasteiger partial charge in [0.2, 0.25) is 0 Å². The van der Waals surface area contributed by atoms with Crippen LogP contribution in [0.15, 0.2) is 218 Å². The van der Waals surface area contributed by atoms with Crippen LogP contribution in [0, 0.1) is 27.7 Å².